The molecule has 0 saturated heterocycles. The van der Waals surface area contributed by atoms with E-state index in [0.29, 0.717) is 0 Å². The zero-order chi connectivity index (χ0) is 13.2. The van der Waals surface area contributed by atoms with Crippen LogP contribution < -0.4 is 8.70 Å². The fourth-order valence-electron chi connectivity index (χ4n) is 1.69. The minimum absolute atomic E-state index is 0.00863. The van der Waals surface area contributed by atoms with E-state index >= 15 is 0 Å². The molecule has 1 unspecified atom stereocenters. The van der Waals surface area contributed by atoms with Crippen LogP contribution in [-0.2, 0) is 3.74 Å². The molecule has 0 saturated carbocycles. The molecule has 0 aliphatic carbocycles. The van der Waals surface area contributed by atoms with Crippen LogP contribution in [0.25, 0.3) is 0 Å². The summed E-state index contributed by atoms with van der Waals surface area (Å²) in [5.74, 6) is -1.20. The van der Waals surface area contributed by atoms with Crippen LogP contribution >= 0.6 is 0 Å². The summed E-state index contributed by atoms with van der Waals surface area (Å²) >= 11 is -4.58. The fraction of sp³-hybridized carbons (Fsp3) is 0. The average Bonchev–Trinajstić information content (AvgIpc) is 2.39. The van der Waals surface area contributed by atoms with Gasteiger partial charge < -0.3 is 0 Å². The van der Waals surface area contributed by atoms with Crippen LogP contribution in [0.4, 0.5) is 0 Å². The maximum absolute atomic E-state index is 12.5. The second-order valence-corrected chi connectivity index (χ2v) is 8.25. The molecule has 92 valence electrons. The molecule has 2 rings (SSSR count). The summed E-state index contributed by atoms with van der Waals surface area (Å²) in [7, 11) is 0. The zero-order valence-corrected chi connectivity index (χ0v) is 11.2. The summed E-state index contributed by atoms with van der Waals surface area (Å²) < 4.78 is 23.0. The number of hydrogen-bond acceptors (Lipinski definition) is 2. The van der Waals surface area contributed by atoms with Gasteiger partial charge >= 0.3 is 106 Å². The first-order valence-electron chi connectivity index (χ1n) is 5.25. The van der Waals surface area contributed by atoms with Crippen LogP contribution in [0.15, 0.2) is 54.6 Å². The molecule has 5 heteroatoms. The van der Waals surface area contributed by atoms with E-state index < -0.39 is 19.8 Å². The Kier molecular flexibility index (Phi) is 3.41. The second-order valence-electron chi connectivity index (χ2n) is 3.73. The molecule has 0 aromatic heterocycles. The van der Waals surface area contributed by atoms with E-state index in [4.69, 9.17) is 5.11 Å². The van der Waals surface area contributed by atoms with E-state index in [2.05, 4.69) is 0 Å². The Balaban J connectivity index is 2.62. The summed E-state index contributed by atoms with van der Waals surface area (Å²) in [6, 6.07) is 14.0. The van der Waals surface area contributed by atoms with Gasteiger partial charge in [0.25, 0.3) is 0 Å². The summed E-state index contributed by atoms with van der Waals surface area (Å²) in [4.78, 5) is 11.1. The van der Waals surface area contributed by atoms with Crippen LogP contribution in [0.2, 0.25) is 0 Å². The maximum atomic E-state index is 12.5. The van der Waals surface area contributed by atoms with Gasteiger partial charge in [-0.1, -0.05) is 0 Å². The molecule has 0 amide bonds. The Morgan fingerprint density at radius 1 is 0.944 bits per heavy atom. The Hall–Kier alpha value is -1.77. The average molecular weight is 306 g/mol. The molecule has 1 atom stereocenters. The van der Waals surface area contributed by atoms with E-state index in [9.17, 15) is 12.6 Å². The second kappa shape index (κ2) is 4.84. The van der Waals surface area contributed by atoms with E-state index in [-0.39, 0.29) is 14.3 Å². The number of carboxylic acid groups (broad SMARTS) is 1. The molecule has 2 N–H and O–H groups in total. The first-order chi connectivity index (χ1) is 8.53. The van der Waals surface area contributed by atoms with E-state index in [1.54, 1.807) is 36.4 Å². The quantitative estimate of drug-likeness (QED) is 0.803. The zero-order valence-electron chi connectivity index (χ0n) is 9.35. The molecule has 0 fully saturated rings. The number of carboxylic acids is 1. The van der Waals surface area contributed by atoms with Crippen molar-refractivity contribution in [3.63, 3.8) is 0 Å². The van der Waals surface area contributed by atoms with Gasteiger partial charge in [0.2, 0.25) is 0 Å². The Labute approximate surface area is 107 Å². The molecule has 4 nitrogen and oxygen atoms in total. The predicted molar refractivity (Wildman–Crippen MR) is 67.8 cm³/mol. The SMILES string of the molecule is O=C(O)c1ccccc1[As](=O)(O)c1ccccc1. The molecule has 0 spiro atoms. The molecular formula is C13H11AsO4. The number of aromatic carboxylic acids is 1. The van der Waals surface area contributed by atoms with Gasteiger partial charge in [0.1, 0.15) is 0 Å². The predicted octanol–water partition coefficient (Wildman–Crippen LogP) is 0.364. The number of hydrogen-bond donors (Lipinski definition) is 2. The normalized spacial score (nSPS) is 13.8. The van der Waals surface area contributed by atoms with Gasteiger partial charge in [0, 0.05) is 0 Å². The standard InChI is InChI=1S/C13H11AsO4/c15-13(16)11-8-4-5-9-12(11)14(17,18)10-6-2-1-3-7-10/h1-9H,(H,15,16)(H,17,18). The Morgan fingerprint density at radius 2 is 1.50 bits per heavy atom. The Bertz CT molecular complexity index is 622. The van der Waals surface area contributed by atoms with Crippen molar-refractivity contribution < 1.29 is 17.7 Å². The number of rotatable bonds is 3. The molecule has 2 aromatic carbocycles. The van der Waals surface area contributed by atoms with Crippen LogP contribution in [0.1, 0.15) is 10.4 Å². The first kappa shape index (κ1) is 12.7. The summed E-state index contributed by atoms with van der Waals surface area (Å²) in [5.41, 5.74) is -0.119. The van der Waals surface area contributed by atoms with Gasteiger partial charge in [0.05, 0.1) is 0 Å². The monoisotopic (exact) mass is 306 g/mol. The van der Waals surface area contributed by atoms with Gasteiger partial charge in [-0.2, -0.15) is 0 Å². The molecule has 18 heavy (non-hydrogen) atoms. The minimum atomic E-state index is -4.58. The summed E-state index contributed by atoms with van der Waals surface area (Å²) in [6.45, 7) is 0. The molecule has 0 bridgehead atoms. The van der Waals surface area contributed by atoms with Crippen molar-refractivity contribution >= 4 is 28.5 Å². The molecule has 0 aliphatic rings. The molecule has 2 aromatic rings. The molecule has 0 aliphatic heterocycles. The van der Waals surface area contributed by atoms with E-state index in [1.807, 2.05) is 0 Å². The third-order valence-corrected chi connectivity index (χ3v) is 6.85. The first-order valence-corrected chi connectivity index (χ1v) is 8.73. The topological polar surface area (TPSA) is 74.6 Å². The molecule has 0 heterocycles. The van der Waals surface area contributed by atoms with Gasteiger partial charge in [-0.15, -0.1) is 0 Å². The van der Waals surface area contributed by atoms with E-state index in [0.717, 1.165) is 0 Å². The van der Waals surface area contributed by atoms with Crippen LogP contribution in [0, 0.1) is 0 Å². The third-order valence-electron chi connectivity index (χ3n) is 2.57. The van der Waals surface area contributed by atoms with Gasteiger partial charge in [-0.3, -0.25) is 0 Å². The van der Waals surface area contributed by atoms with Gasteiger partial charge in [-0.25, -0.2) is 0 Å². The van der Waals surface area contributed by atoms with Crippen molar-refractivity contribution in [3.05, 3.63) is 60.2 Å². The Morgan fingerprint density at radius 3 is 2.11 bits per heavy atom. The van der Waals surface area contributed by atoms with Gasteiger partial charge in [-0.05, 0) is 0 Å². The fourth-order valence-corrected chi connectivity index (χ4v) is 5.13. The number of carbonyl (C=O) groups is 1. The van der Waals surface area contributed by atoms with E-state index in [1.165, 1.54) is 18.2 Å². The number of benzene rings is 2. The molecule has 0 radical (unpaired) electrons. The van der Waals surface area contributed by atoms with Crippen LogP contribution in [0.3, 0.4) is 0 Å². The van der Waals surface area contributed by atoms with Crippen molar-refractivity contribution in [2.75, 3.05) is 0 Å². The van der Waals surface area contributed by atoms with Crippen molar-refractivity contribution in [2.45, 2.75) is 0 Å². The van der Waals surface area contributed by atoms with Crippen molar-refractivity contribution in [1.29, 1.82) is 0 Å². The van der Waals surface area contributed by atoms with Crippen molar-refractivity contribution in [3.8, 4) is 0 Å². The van der Waals surface area contributed by atoms with Gasteiger partial charge in [0.15, 0.2) is 0 Å². The van der Waals surface area contributed by atoms with Crippen LogP contribution in [0.5, 0.6) is 0 Å². The van der Waals surface area contributed by atoms with Crippen molar-refractivity contribution in [1.82, 2.24) is 0 Å². The van der Waals surface area contributed by atoms with Crippen molar-refractivity contribution in [2.24, 2.45) is 0 Å². The third kappa shape index (κ3) is 2.26. The van der Waals surface area contributed by atoms with Crippen LogP contribution in [-0.4, -0.2) is 29.0 Å². The summed E-state index contributed by atoms with van der Waals surface area (Å²) in [5, 5.41) is 9.05. The summed E-state index contributed by atoms with van der Waals surface area (Å²) in [6.07, 6.45) is 0. The molecular weight excluding hydrogens is 295 g/mol.